The number of ether oxygens (including phenoxy) is 1. The van der Waals surface area contributed by atoms with Crippen molar-refractivity contribution >= 4 is 16.7 Å². The minimum absolute atomic E-state index is 0.219. The molecular weight excluding hydrogens is 264 g/mol. The second kappa shape index (κ2) is 4.93. The zero-order chi connectivity index (χ0) is 14.9. The highest BCUT2D eigenvalue weighted by Crippen LogP contribution is 2.08. The third-order valence-corrected chi connectivity index (χ3v) is 2.97. The van der Waals surface area contributed by atoms with Crippen molar-refractivity contribution in [1.29, 1.82) is 0 Å². The third-order valence-electron chi connectivity index (χ3n) is 2.97. The monoisotopic (exact) mass is 278 g/mol. The van der Waals surface area contributed by atoms with E-state index in [0.29, 0.717) is 0 Å². The Morgan fingerprint density at radius 2 is 1.95 bits per heavy atom. The molecule has 0 bridgehead atoms. The maximum Gasteiger partial charge on any atom is 0.339 e. The Kier molecular flexibility index (Phi) is 3.46. The molecule has 20 heavy (non-hydrogen) atoms. The zero-order valence-electron chi connectivity index (χ0n) is 11.0. The van der Waals surface area contributed by atoms with Gasteiger partial charge in [0, 0.05) is 0 Å². The number of methoxy groups -OCH3 is 1. The number of aromatic nitrogens is 2. The van der Waals surface area contributed by atoms with Crippen LogP contribution in [0.1, 0.15) is 6.92 Å². The van der Waals surface area contributed by atoms with Crippen LogP contribution in [0.4, 0.5) is 0 Å². The molecule has 0 saturated heterocycles. The van der Waals surface area contributed by atoms with Crippen molar-refractivity contribution in [3.63, 3.8) is 0 Å². The van der Waals surface area contributed by atoms with E-state index in [1.54, 1.807) is 12.1 Å². The van der Waals surface area contributed by atoms with Gasteiger partial charge in [-0.05, 0) is 19.1 Å². The van der Waals surface area contributed by atoms with Crippen molar-refractivity contribution < 1.29 is 14.6 Å². The second-order valence-electron chi connectivity index (χ2n) is 4.64. The summed E-state index contributed by atoms with van der Waals surface area (Å²) < 4.78 is 5.35. The molecule has 106 valence electrons. The molecule has 2 N–H and O–H groups in total. The molecule has 0 aliphatic rings. The lowest BCUT2D eigenvalue weighted by molar-refractivity contribution is -0.162. The molecular formula is C13H14N2O5. The van der Waals surface area contributed by atoms with E-state index in [4.69, 9.17) is 0 Å². The number of esters is 1. The lowest BCUT2D eigenvalue weighted by Gasteiger charge is -2.20. The number of hydrogen-bond donors (Lipinski definition) is 2. The summed E-state index contributed by atoms with van der Waals surface area (Å²) in [4.78, 5) is 35.5. The number of H-pyrrole nitrogens is 1. The summed E-state index contributed by atoms with van der Waals surface area (Å²) in [6.45, 7) is 0.803. The summed E-state index contributed by atoms with van der Waals surface area (Å²) in [6.07, 6.45) is 0. The first-order valence-electron chi connectivity index (χ1n) is 5.89. The standard InChI is InChI=1S/C13H14N2O5/c1-13(19,12(18)20-2)7-15-11(17)9-6-4-3-5-8(9)10(16)14-15/h3-6,19H,7H2,1-2H3,(H,14,16). The Labute approximate surface area is 113 Å². The van der Waals surface area contributed by atoms with Gasteiger partial charge in [0.05, 0.1) is 24.4 Å². The summed E-state index contributed by atoms with van der Waals surface area (Å²) in [5.41, 5.74) is -2.88. The molecule has 0 radical (unpaired) electrons. The first-order chi connectivity index (χ1) is 9.36. The number of carbonyl (C=O) groups is 1. The van der Waals surface area contributed by atoms with Crippen molar-refractivity contribution in [2.75, 3.05) is 7.11 Å². The van der Waals surface area contributed by atoms with Gasteiger partial charge in [-0.2, -0.15) is 0 Å². The normalized spacial score (nSPS) is 13.9. The van der Waals surface area contributed by atoms with Crippen LogP contribution in [0, 0.1) is 0 Å². The van der Waals surface area contributed by atoms with E-state index in [1.807, 2.05) is 0 Å². The SMILES string of the molecule is COC(=O)C(C)(O)Cn1[nH]c(=O)c2ccccc2c1=O. The molecule has 1 atom stereocenters. The molecule has 0 aliphatic heterocycles. The lowest BCUT2D eigenvalue weighted by Crippen LogP contribution is -2.45. The number of nitrogens with zero attached hydrogens (tertiary/aromatic N) is 1. The van der Waals surface area contributed by atoms with E-state index in [1.165, 1.54) is 19.1 Å². The third kappa shape index (κ3) is 2.35. The molecule has 0 spiro atoms. The number of hydrogen-bond acceptors (Lipinski definition) is 5. The lowest BCUT2D eigenvalue weighted by atomic mass is 10.1. The van der Waals surface area contributed by atoms with Crippen molar-refractivity contribution in [1.82, 2.24) is 9.78 Å². The van der Waals surface area contributed by atoms with Crippen molar-refractivity contribution in [2.24, 2.45) is 0 Å². The average molecular weight is 278 g/mol. The molecule has 0 amide bonds. The predicted molar refractivity (Wildman–Crippen MR) is 71.5 cm³/mol. The van der Waals surface area contributed by atoms with Gasteiger partial charge in [-0.15, -0.1) is 0 Å². The van der Waals surface area contributed by atoms with Crippen molar-refractivity contribution in [3.8, 4) is 0 Å². The van der Waals surface area contributed by atoms with Crippen LogP contribution in [0.25, 0.3) is 10.8 Å². The molecule has 0 fully saturated rings. The van der Waals surface area contributed by atoms with Gasteiger partial charge >= 0.3 is 5.97 Å². The number of carbonyl (C=O) groups excluding carboxylic acids is 1. The van der Waals surface area contributed by atoms with Gasteiger partial charge < -0.3 is 9.84 Å². The van der Waals surface area contributed by atoms with E-state index < -0.39 is 29.2 Å². The van der Waals surface area contributed by atoms with Crippen LogP contribution >= 0.6 is 0 Å². The van der Waals surface area contributed by atoms with Gasteiger partial charge in [-0.3, -0.25) is 14.7 Å². The highest BCUT2D eigenvalue weighted by molar-refractivity contribution is 5.80. The summed E-state index contributed by atoms with van der Waals surface area (Å²) in [5, 5.41) is 12.8. The maximum atomic E-state index is 12.2. The van der Waals surface area contributed by atoms with Crippen LogP contribution in [-0.4, -0.2) is 33.6 Å². The number of nitrogens with one attached hydrogen (secondary N) is 1. The molecule has 7 nitrogen and oxygen atoms in total. The average Bonchev–Trinajstić information content (AvgIpc) is 2.43. The van der Waals surface area contributed by atoms with Crippen LogP contribution in [0.3, 0.4) is 0 Å². The Balaban J connectivity index is 2.57. The first kappa shape index (κ1) is 14.0. The number of fused-ring (bicyclic) bond motifs is 1. The van der Waals surface area contributed by atoms with Crippen LogP contribution in [0.2, 0.25) is 0 Å². The molecule has 0 aliphatic carbocycles. The van der Waals surface area contributed by atoms with Gasteiger partial charge in [-0.1, -0.05) is 12.1 Å². The largest absolute Gasteiger partial charge is 0.467 e. The Morgan fingerprint density at radius 3 is 2.55 bits per heavy atom. The van der Waals surface area contributed by atoms with E-state index in [0.717, 1.165) is 11.8 Å². The fourth-order valence-corrected chi connectivity index (χ4v) is 1.95. The highest BCUT2D eigenvalue weighted by Gasteiger charge is 2.32. The minimum atomic E-state index is -1.91. The highest BCUT2D eigenvalue weighted by atomic mass is 16.5. The molecule has 1 unspecified atom stereocenters. The van der Waals surface area contributed by atoms with Crippen LogP contribution in [0.15, 0.2) is 33.9 Å². The van der Waals surface area contributed by atoms with Gasteiger partial charge in [0.25, 0.3) is 11.1 Å². The van der Waals surface area contributed by atoms with Gasteiger partial charge in [0.2, 0.25) is 0 Å². The molecule has 1 aromatic heterocycles. The van der Waals surface area contributed by atoms with Gasteiger partial charge in [0.15, 0.2) is 5.60 Å². The van der Waals surface area contributed by atoms with E-state index in [9.17, 15) is 19.5 Å². The number of aromatic amines is 1. The Bertz CT molecular complexity index is 772. The number of benzene rings is 1. The topological polar surface area (TPSA) is 101 Å². The fourth-order valence-electron chi connectivity index (χ4n) is 1.95. The van der Waals surface area contributed by atoms with E-state index in [2.05, 4.69) is 9.84 Å². The molecule has 7 heteroatoms. The molecule has 0 saturated carbocycles. The van der Waals surface area contributed by atoms with E-state index in [-0.39, 0.29) is 10.8 Å². The second-order valence-corrected chi connectivity index (χ2v) is 4.64. The summed E-state index contributed by atoms with van der Waals surface area (Å²) in [5.74, 6) is -0.890. The van der Waals surface area contributed by atoms with Gasteiger partial charge in [-0.25, -0.2) is 9.48 Å². The molecule has 1 aromatic carbocycles. The Hall–Kier alpha value is -2.41. The van der Waals surface area contributed by atoms with Crippen LogP contribution in [-0.2, 0) is 16.1 Å². The summed E-state index contributed by atoms with van der Waals surface area (Å²) in [7, 11) is 1.13. The van der Waals surface area contributed by atoms with Gasteiger partial charge in [0.1, 0.15) is 0 Å². The molecule has 2 aromatic rings. The molecule has 2 rings (SSSR count). The number of aliphatic hydroxyl groups is 1. The van der Waals surface area contributed by atoms with Crippen molar-refractivity contribution in [2.45, 2.75) is 19.1 Å². The summed E-state index contributed by atoms with van der Waals surface area (Å²) >= 11 is 0. The van der Waals surface area contributed by atoms with Crippen LogP contribution < -0.4 is 11.1 Å². The maximum absolute atomic E-state index is 12.2. The first-order valence-corrected chi connectivity index (χ1v) is 5.89. The molecule has 1 heterocycles. The van der Waals surface area contributed by atoms with Crippen LogP contribution in [0.5, 0.6) is 0 Å². The fraction of sp³-hybridized carbons (Fsp3) is 0.308. The van der Waals surface area contributed by atoms with E-state index >= 15 is 0 Å². The zero-order valence-corrected chi connectivity index (χ0v) is 11.0. The van der Waals surface area contributed by atoms with Crippen molar-refractivity contribution in [3.05, 3.63) is 45.0 Å². The number of rotatable bonds is 3. The summed E-state index contributed by atoms with van der Waals surface area (Å²) in [6, 6.07) is 6.31. The predicted octanol–water partition coefficient (Wildman–Crippen LogP) is -0.386. The quantitative estimate of drug-likeness (QED) is 0.745. The smallest absolute Gasteiger partial charge is 0.339 e. The minimum Gasteiger partial charge on any atom is -0.467 e. The Morgan fingerprint density at radius 1 is 1.35 bits per heavy atom.